The molecule has 0 saturated carbocycles. The molecule has 0 saturated heterocycles. The number of para-hydroxylation sites is 1. The van der Waals surface area contributed by atoms with Gasteiger partial charge in [0.05, 0.1) is 22.9 Å². The summed E-state index contributed by atoms with van der Waals surface area (Å²) in [5.41, 5.74) is 3.72. The van der Waals surface area contributed by atoms with Crippen molar-refractivity contribution in [1.29, 1.82) is 0 Å². The van der Waals surface area contributed by atoms with Crippen molar-refractivity contribution in [3.8, 4) is 5.69 Å². The zero-order chi connectivity index (χ0) is 15.9. The van der Waals surface area contributed by atoms with Crippen molar-refractivity contribution in [3.63, 3.8) is 0 Å². The molecule has 3 rings (SSSR count). The molecule has 1 N–H and O–H groups in total. The molecule has 22 heavy (non-hydrogen) atoms. The average molecular weight is 317 g/mol. The highest BCUT2D eigenvalue weighted by atomic mass is 32.2. The van der Waals surface area contributed by atoms with Gasteiger partial charge >= 0.3 is 0 Å². The average Bonchev–Trinajstić information content (AvgIpc) is 2.97. The third kappa shape index (κ3) is 2.59. The molecular weight excluding hydrogens is 298 g/mol. The standard InChI is InChI=1S/C16H19N3O2S/c1-10(2)16(20)17-15-12-8-22(21)9-13(12)18-19(15)14-7-5-4-6-11(14)3/h4-7,10H,8-9H2,1-3H3,(H,17,20). The number of hydrogen-bond acceptors (Lipinski definition) is 3. The minimum Gasteiger partial charge on any atom is -0.310 e. The zero-order valence-corrected chi connectivity index (χ0v) is 13.7. The molecule has 1 aromatic heterocycles. The SMILES string of the molecule is Cc1ccccc1-n1nc2c(c1NC(=O)C(C)C)CS(=O)C2. The van der Waals surface area contributed by atoms with Gasteiger partial charge in [0.2, 0.25) is 5.91 Å². The second kappa shape index (κ2) is 5.68. The number of nitrogens with zero attached hydrogens (tertiary/aromatic N) is 2. The van der Waals surface area contributed by atoms with Gasteiger partial charge in [-0.1, -0.05) is 32.0 Å². The van der Waals surface area contributed by atoms with Crippen LogP contribution in [-0.4, -0.2) is 19.9 Å². The molecule has 0 spiro atoms. The molecule has 0 radical (unpaired) electrons. The molecule has 1 unspecified atom stereocenters. The number of aryl methyl sites for hydroxylation is 1. The first-order valence-electron chi connectivity index (χ1n) is 7.30. The van der Waals surface area contributed by atoms with Crippen LogP contribution in [0, 0.1) is 12.8 Å². The van der Waals surface area contributed by atoms with E-state index in [9.17, 15) is 9.00 Å². The lowest BCUT2D eigenvalue weighted by Gasteiger charge is -2.13. The molecule has 116 valence electrons. The summed E-state index contributed by atoms with van der Waals surface area (Å²) in [5, 5.41) is 7.56. The third-order valence-electron chi connectivity index (χ3n) is 3.78. The van der Waals surface area contributed by atoms with Crippen LogP contribution in [0.1, 0.15) is 30.7 Å². The molecule has 6 heteroatoms. The largest absolute Gasteiger partial charge is 0.310 e. The highest BCUT2D eigenvalue weighted by Gasteiger charge is 2.28. The van der Waals surface area contributed by atoms with Crippen molar-refractivity contribution in [2.75, 3.05) is 5.32 Å². The van der Waals surface area contributed by atoms with Crippen LogP contribution in [0.15, 0.2) is 24.3 Å². The van der Waals surface area contributed by atoms with E-state index in [1.807, 2.05) is 45.0 Å². The maximum Gasteiger partial charge on any atom is 0.228 e. The molecule has 2 aromatic rings. The Labute approximate surface area is 132 Å². The van der Waals surface area contributed by atoms with Crippen LogP contribution in [0.5, 0.6) is 0 Å². The van der Waals surface area contributed by atoms with Gasteiger partial charge < -0.3 is 5.32 Å². The molecule has 1 amide bonds. The number of benzene rings is 1. The van der Waals surface area contributed by atoms with Crippen LogP contribution >= 0.6 is 0 Å². The molecule has 0 fully saturated rings. The summed E-state index contributed by atoms with van der Waals surface area (Å²) in [5.74, 6) is 1.39. The highest BCUT2D eigenvalue weighted by Crippen LogP contribution is 2.32. The molecule has 1 aliphatic rings. The second-order valence-corrected chi connectivity index (χ2v) is 7.30. The predicted molar refractivity (Wildman–Crippen MR) is 87.3 cm³/mol. The van der Waals surface area contributed by atoms with E-state index >= 15 is 0 Å². The van der Waals surface area contributed by atoms with Gasteiger partial charge in [-0.05, 0) is 18.6 Å². The van der Waals surface area contributed by atoms with Crippen LogP contribution in [0.3, 0.4) is 0 Å². The topological polar surface area (TPSA) is 64.0 Å². The van der Waals surface area contributed by atoms with E-state index < -0.39 is 10.8 Å². The molecule has 0 aliphatic carbocycles. The lowest BCUT2D eigenvalue weighted by atomic mass is 10.2. The molecule has 2 heterocycles. The molecule has 1 aromatic carbocycles. The molecule has 5 nitrogen and oxygen atoms in total. The van der Waals surface area contributed by atoms with Gasteiger partial charge in [0.15, 0.2) is 0 Å². The van der Waals surface area contributed by atoms with Gasteiger partial charge in [0.1, 0.15) is 5.82 Å². The minimum absolute atomic E-state index is 0.0600. The van der Waals surface area contributed by atoms with Gasteiger partial charge in [-0.15, -0.1) is 0 Å². The van der Waals surface area contributed by atoms with Crippen LogP contribution in [-0.2, 0) is 27.1 Å². The maximum atomic E-state index is 12.1. The Morgan fingerprint density at radius 2 is 2.05 bits per heavy atom. The zero-order valence-electron chi connectivity index (χ0n) is 12.9. The monoisotopic (exact) mass is 317 g/mol. The van der Waals surface area contributed by atoms with Crippen LogP contribution < -0.4 is 5.32 Å². The van der Waals surface area contributed by atoms with Gasteiger partial charge in [0.25, 0.3) is 0 Å². The predicted octanol–water partition coefficient (Wildman–Crippen LogP) is 2.54. The van der Waals surface area contributed by atoms with Crippen molar-refractivity contribution in [3.05, 3.63) is 41.1 Å². The fourth-order valence-corrected chi connectivity index (χ4v) is 3.76. The number of carbonyl (C=O) groups is 1. The van der Waals surface area contributed by atoms with E-state index in [4.69, 9.17) is 0 Å². The van der Waals surface area contributed by atoms with Gasteiger partial charge in [-0.2, -0.15) is 5.10 Å². The van der Waals surface area contributed by atoms with E-state index in [1.165, 1.54) is 0 Å². The number of aromatic nitrogens is 2. The number of carbonyl (C=O) groups excluding carboxylic acids is 1. The first-order chi connectivity index (χ1) is 10.5. The molecule has 0 bridgehead atoms. The van der Waals surface area contributed by atoms with Gasteiger partial charge in [0, 0.05) is 22.3 Å². The van der Waals surface area contributed by atoms with Crippen LogP contribution in [0.25, 0.3) is 5.69 Å². The Morgan fingerprint density at radius 3 is 2.73 bits per heavy atom. The summed E-state index contributed by atoms with van der Waals surface area (Å²) < 4.78 is 13.6. The Bertz CT molecular complexity index is 765. The van der Waals surface area contributed by atoms with E-state index in [1.54, 1.807) is 4.68 Å². The lowest BCUT2D eigenvalue weighted by Crippen LogP contribution is -2.21. The van der Waals surface area contributed by atoms with Crippen molar-refractivity contribution < 1.29 is 9.00 Å². The summed E-state index contributed by atoms with van der Waals surface area (Å²) in [6.45, 7) is 5.71. The Balaban J connectivity index is 2.11. The number of anilines is 1. The first-order valence-corrected chi connectivity index (χ1v) is 8.78. The number of nitrogens with one attached hydrogen (secondary N) is 1. The van der Waals surface area contributed by atoms with Gasteiger partial charge in [-0.3, -0.25) is 9.00 Å². The number of rotatable bonds is 3. The van der Waals surface area contributed by atoms with Crippen molar-refractivity contribution >= 4 is 22.5 Å². The van der Waals surface area contributed by atoms with Crippen molar-refractivity contribution in [2.24, 2.45) is 5.92 Å². The lowest BCUT2D eigenvalue weighted by molar-refractivity contribution is -0.118. The third-order valence-corrected chi connectivity index (χ3v) is 4.99. The Morgan fingerprint density at radius 1 is 1.32 bits per heavy atom. The summed E-state index contributed by atoms with van der Waals surface area (Å²) in [7, 11) is -0.921. The molecular formula is C16H19N3O2S. The van der Waals surface area contributed by atoms with E-state index in [0.29, 0.717) is 17.3 Å². The molecule has 1 aliphatic heterocycles. The Kier molecular flexibility index (Phi) is 3.87. The van der Waals surface area contributed by atoms with Crippen molar-refractivity contribution in [2.45, 2.75) is 32.3 Å². The van der Waals surface area contributed by atoms with Crippen molar-refractivity contribution in [1.82, 2.24) is 9.78 Å². The maximum absolute atomic E-state index is 12.1. The summed E-state index contributed by atoms with van der Waals surface area (Å²) in [6, 6.07) is 7.90. The molecule has 1 atom stereocenters. The normalized spacial score (nSPS) is 16.8. The quantitative estimate of drug-likeness (QED) is 0.946. The van der Waals surface area contributed by atoms with Crippen LogP contribution in [0.4, 0.5) is 5.82 Å². The summed E-state index contributed by atoms with van der Waals surface area (Å²) >= 11 is 0. The van der Waals surface area contributed by atoms with Gasteiger partial charge in [-0.25, -0.2) is 4.68 Å². The van der Waals surface area contributed by atoms with E-state index in [2.05, 4.69) is 10.4 Å². The summed E-state index contributed by atoms with van der Waals surface area (Å²) in [4.78, 5) is 12.1. The highest BCUT2D eigenvalue weighted by molar-refractivity contribution is 7.83. The summed E-state index contributed by atoms with van der Waals surface area (Å²) in [6.07, 6.45) is 0. The van der Waals surface area contributed by atoms with E-state index in [-0.39, 0.29) is 11.8 Å². The minimum atomic E-state index is -0.921. The van der Waals surface area contributed by atoms with E-state index in [0.717, 1.165) is 22.5 Å². The number of hydrogen-bond donors (Lipinski definition) is 1. The smallest absolute Gasteiger partial charge is 0.228 e. The second-order valence-electron chi connectivity index (χ2n) is 5.84. The fourth-order valence-electron chi connectivity index (χ4n) is 2.49. The fraction of sp³-hybridized carbons (Fsp3) is 0.375. The van der Waals surface area contributed by atoms with Crippen LogP contribution in [0.2, 0.25) is 0 Å². The number of amides is 1. The number of fused-ring (bicyclic) bond motifs is 1. The first kappa shape index (κ1) is 15.0. The Hall–Kier alpha value is -1.95.